The molecule has 2 unspecified atom stereocenters. The maximum Gasteiger partial charge on any atom is 0.329 e. The van der Waals surface area contributed by atoms with Gasteiger partial charge in [-0.25, -0.2) is 13.6 Å². The van der Waals surface area contributed by atoms with Crippen LogP contribution in [-0.2, 0) is 28.8 Å². The van der Waals surface area contributed by atoms with E-state index in [-0.39, 0.29) is 70.0 Å². The molecule has 4 N–H and O–H groups in total. The van der Waals surface area contributed by atoms with Crippen LogP contribution >= 0.6 is 11.6 Å². The van der Waals surface area contributed by atoms with Gasteiger partial charge in [-0.05, 0) is 79.8 Å². The lowest BCUT2D eigenvalue weighted by atomic mass is 9.77. The van der Waals surface area contributed by atoms with E-state index < -0.39 is 35.1 Å². The largest absolute Gasteiger partial charge is 0.494 e. The molecule has 0 spiro atoms. The Bertz CT molecular complexity index is 3040. The fourth-order valence-electron chi connectivity index (χ4n) is 11.1. The minimum atomic E-state index is -1.08. The molecule has 364 valence electrons. The van der Waals surface area contributed by atoms with Crippen LogP contribution in [0.5, 0.6) is 11.5 Å². The van der Waals surface area contributed by atoms with Crippen LogP contribution in [0.1, 0.15) is 79.3 Å². The number of imide groups is 1. The highest BCUT2D eigenvalue weighted by Gasteiger charge is 2.50. The predicted octanol–water partition coefficient (Wildman–Crippen LogP) is 8.07. The molecule has 3 fully saturated rings. The van der Waals surface area contributed by atoms with Gasteiger partial charge in [0.15, 0.2) is 23.0 Å². The number of halogens is 3. The number of hydrogen-bond donors (Lipinski definition) is 3. The van der Waals surface area contributed by atoms with Gasteiger partial charge in [-0.2, -0.15) is 10.2 Å². The number of piperidine rings is 1. The number of primary amides is 1. The summed E-state index contributed by atoms with van der Waals surface area (Å²) in [5.74, 6) is -2.40. The van der Waals surface area contributed by atoms with Crippen molar-refractivity contribution >= 4 is 52.1 Å². The normalized spacial score (nSPS) is 21.7. The first-order chi connectivity index (χ1) is 33.7. The number of carbonyl (C=O) groups is 4. The fraction of sp³-hybridized carbons (Fsp3) is 0.385. The number of fused-ring (bicyclic) bond motifs is 2. The van der Waals surface area contributed by atoms with Gasteiger partial charge in [0.1, 0.15) is 11.6 Å². The van der Waals surface area contributed by atoms with Crippen LogP contribution in [0, 0.1) is 23.5 Å². The highest BCUT2D eigenvalue weighted by atomic mass is 35.5. The predicted molar refractivity (Wildman–Crippen MR) is 260 cm³/mol. The van der Waals surface area contributed by atoms with E-state index in [4.69, 9.17) is 31.9 Å². The van der Waals surface area contributed by atoms with Crippen molar-refractivity contribution in [1.82, 2.24) is 35.1 Å². The van der Waals surface area contributed by atoms with E-state index >= 15 is 8.78 Å². The number of anilines is 1. The van der Waals surface area contributed by atoms with Crippen molar-refractivity contribution < 1.29 is 37.4 Å². The molecule has 6 aromatic rings. The average molecular weight is 975 g/mol. The first-order valence-corrected chi connectivity index (χ1v) is 24.2. The molecule has 3 aliphatic heterocycles. The van der Waals surface area contributed by atoms with Gasteiger partial charge in [0.2, 0.25) is 17.7 Å². The zero-order valence-corrected chi connectivity index (χ0v) is 39.9. The van der Waals surface area contributed by atoms with E-state index in [0.717, 1.165) is 72.7 Å². The maximum absolute atomic E-state index is 16.2. The van der Waals surface area contributed by atoms with Gasteiger partial charge in [-0.3, -0.25) is 34.0 Å². The highest BCUT2D eigenvalue weighted by Crippen LogP contribution is 2.56. The smallest absolute Gasteiger partial charge is 0.329 e. The van der Waals surface area contributed by atoms with Crippen molar-refractivity contribution in [2.45, 2.75) is 76.0 Å². The Morgan fingerprint density at radius 2 is 1.73 bits per heavy atom. The van der Waals surface area contributed by atoms with Crippen LogP contribution in [0.3, 0.4) is 0 Å². The molecule has 1 saturated carbocycles. The van der Waals surface area contributed by atoms with Crippen molar-refractivity contribution in [2.24, 2.45) is 24.6 Å². The van der Waals surface area contributed by atoms with Crippen LogP contribution < -0.4 is 30.7 Å². The Hall–Kier alpha value is -6.85. The zero-order chi connectivity index (χ0) is 49.0. The fourth-order valence-corrected chi connectivity index (χ4v) is 11.3. The van der Waals surface area contributed by atoms with Crippen LogP contribution in [-0.4, -0.2) is 87.5 Å². The van der Waals surface area contributed by atoms with Crippen LogP contribution in [0.15, 0.2) is 79.1 Å². The number of urea groups is 1. The first kappa shape index (κ1) is 46.9. The quantitative estimate of drug-likeness (QED) is 0.109. The van der Waals surface area contributed by atoms with Gasteiger partial charge in [0, 0.05) is 104 Å². The molecule has 2 saturated heterocycles. The summed E-state index contributed by atoms with van der Waals surface area (Å²) >= 11 is 6.70. The summed E-state index contributed by atoms with van der Waals surface area (Å²) in [7, 11) is 3.13. The van der Waals surface area contributed by atoms with Crippen molar-refractivity contribution in [3.63, 3.8) is 0 Å². The van der Waals surface area contributed by atoms with Gasteiger partial charge in [-0.15, -0.1) is 0 Å². The lowest BCUT2D eigenvalue weighted by Crippen LogP contribution is -2.49. The summed E-state index contributed by atoms with van der Waals surface area (Å²) < 4.78 is 47.8. The Balaban J connectivity index is 0.760. The van der Waals surface area contributed by atoms with E-state index in [1.807, 2.05) is 84.5 Å². The number of likely N-dealkylation sites (tertiary alicyclic amines) is 1. The molecule has 2 atom stereocenters. The standard InChI is InChI=1S/C52H54ClF2N9O6/c1-29-43-41(24-38(54)46(53)45(43)44-37(48(56)66)15-16-40(69-3)47(44)55)70-52(29,34-7-5-4-6-8-34)28-57-35-12-9-31(10-13-35)50(67)62-20-17-30(18-21-62)26-63-27-33(25-58-63)32-11-14-36-39(23-32)61(2)60-49(36)64-22-19-42(65)59-51(64)68/h4-8,11,14-16,23-25,27,29-31,35,57H,9-10,12-13,17-22,26,28H2,1-3H3,(H2,56,66)(H,59,65,68). The molecule has 15 nitrogen and oxygen atoms in total. The molecular weight excluding hydrogens is 920 g/mol. The molecule has 10 rings (SSSR count). The summed E-state index contributed by atoms with van der Waals surface area (Å²) in [6, 6.07) is 19.0. The average Bonchev–Trinajstić information content (AvgIpc) is 4.05. The lowest BCUT2D eigenvalue weighted by molar-refractivity contribution is -0.138. The number of nitrogens with two attached hydrogens (primary N) is 1. The molecule has 18 heteroatoms. The maximum atomic E-state index is 16.2. The number of nitrogens with one attached hydrogen (secondary N) is 2. The number of hydrogen-bond acceptors (Lipinski definition) is 9. The minimum absolute atomic E-state index is 0.00891. The second kappa shape index (κ2) is 18.8. The Kier molecular flexibility index (Phi) is 12.6. The molecule has 1 aliphatic carbocycles. The van der Waals surface area contributed by atoms with E-state index in [0.29, 0.717) is 36.9 Å². The summed E-state index contributed by atoms with van der Waals surface area (Å²) in [4.78, 5) is 54.4. The number of carbonyl (C=O) groups excluding carboxylic acids is 4. The SMILES string of the molecule is COc1ccc(C(N)=O)c(-c2c(Cl)c(F)cc3c2C(C)C(CNC2CCC(C(=O)N4CCC(Cn5cc(-c6ccc7c(N8CCC(=O)NC8=O)nn(C)c7c6)cn5)CC4)CC2)(c2ccccc2)O3)c1F. The molecule has 2 aromatic heterocycles. The van der Waals surface area contributed by atoms with Gasteiger partial charge < -0.3 is 25.4 Å². The second-order valence-corrected chi connectivity index (χ2v) is 19.4. The van der Waals surface area contributed by atoms with Crippen molar-refractivity contribution in [3.8, 4) is 33.8 Å². The number of nitrogens with zero attached hydrogens (tertiary/aromatic N) is 6. The Morgan fingerprint density at radius 1 is 0.971 bits per heavy atom. The van der Waals surface area contributed by atoms with Crippen LogP contribution in [0.4, 0.5) is 19.4 Å². The number of ether oxygens (including phenoxy) is 2. The molecule has 5 heterocycles. The third kappa shape index (κ3) is 8.41. The van der Waals surface area contributed by atoms with Gasteiger partial charge >= 0.3 is 6.03 Å². The number of methoxy groups -OCH3 is 1. The summed E-state index contributed by atoms with van der Waals surface area (Å²) in [6.45, 7) is 4.65. The first-order valence-electron chi connectivity index (χ1n) is 23.8. The number of aromatic nitrogens is 4. The third-order valence-corrected chi connectivity index (χ3v) is 15.3. The molecule has 4 aliphatic rings. The topological polar surface area (TPSA) is 179 Å². The molecule has 4 aromatic carbocycles. The summed E-state index contributed by atoms with van der Waals surface area (Å²) in [6.07, 6.45) is 8.89. The summed E-state index contributed by atoms with van der Waals surface area (Å²) in [5.41, 5.74) is 8.29. The van der Waals surface area contributed by atoms with Crippen LogP contribution in [0.25, 0.3) is 33.2 Å². The molecule has 70 heavy (non-hydrogen) atoms. The number of rotatable bonds is 12. The van der Waals surface area contributed by atoms with Gasteiger partial charge in [0.25, 0.3) is 0 Å². The van der Waals surface area contributed by atoms with E-state index in [1.54, 1.807) is 4.68 Å². The monoisotopic (exact) mass is 973 g/mol. The van der Waals surface area contributed by atoms with Crippen molar-refractivity contribution in [2.75, 3.05) is 38.2 Å². The number of amides is 5. The van der Waals surface area contributed by atoms with Gasteiger partial charge in [-0.1, -0.05) is 54.9 Å². The van der Waals surface area contributed by atoms with E-state index in [9.17, 15) is 19.2 Å². The summed E-state index contributed by atoms with van der Waals surface area (Å²) in [5, 5.41) is 15.9. The lowest BCUT2D eigenvalue weighted by Gasteiger charge is -2.38. The van der Waals surface area contributed by atoms with Crippen molar-refractivity contribution in [1.29, 1.82) is 0 Å². The molecular formula is C52H54ClF2N9O6. The van der Waals surface area contributed by atoms with Gasteiger partial charge in [0.05, 0.1) is 29.4 Å². The third-order valence-electron chi connectivity index (χ3n) is 15.0. The molecule has 0 radical (unpaired) electrons. The Labute approximate surface area is 408 Å². The molecule has 0 bridgehead atoms. The minimum Gasteiger partial charge on any atom is -0.494 e. The van der Waals surface area contributed by atoms with Crippen molar-refractivity contribution in [3.05, 3.63) is 112 Å². The number of benzene rings is 4. The van der Waals surface area contributed by atoms with Crippen LogP contribution in [0.2, 0.25) is 5.02 Å². The van der Waals surface area contributed by atoms with E-state index in [1.165, 1.54) is 30.2 Å². The molecule has 5 amide bonds. The second-order valence-electron chi connectivity index (χ2n) is 19.0. The van der Waals surface area contributed by atoms with E-state index in [2.05, 4.69) is 15.7 Å². The zero-order valence-electron chi connectivity index (χ0n) is 39.1. The Morgan fingerprint density at radius 3 is 2.44 bits per heavy atom. The number of aryl methyl sites for hydroxylation is 1. The highest BCUT2D eigenvalue weighted by molar-refractivity contribution is 6.34.